The van der Waals surface area contributed by atoms with Crippen molar-refractivity contribution in [3.05, 3.63) is 66.0 Å². The highest BCUT2D eigenvalue weighted by Gasteiger charge is 2.35. The Kier molecular flexibility index (Phi) is 4.32. The molecule has 1 aliphatic heterocycles. The van der Waals surface area contributed by atoms with Crippen LogP contribution in [0.4, 0.5) is 0 Å². The number of hydrogen-bond acceptors (Lipinski definition) is 3. The van der Waals surface area contributed by atoms with Crippen molar-refractivity contribution in [3.8, 4) is 0 Å². The van der Waals surface area contributed by atoms with Gasteiger partial charge in [0.1, 0.15) is 0 Å². The third-order valence-corrected chi connectivity index (χ3v) is 4.71. The van der Waals surface area contributed by atoms with Gasteiger partial charge in [-0.15, -0.1) is 0 Å². The van der Waals surface area contributed by atoms with E-state index in [0.717, 1.165) is 19.6 Å². The number of pyridine rings is 1. The van der Waals surface area contributed by atoms with Gasteiger partial charge in [-0.2, -0.15) is 0 Å². The first-order valence-corrected chi connectivity index (χ1v) is 7.68. The molecule has 21 heavy (non-hydrogen) atoms. The van der Waals surface area contributed by atoms with E-state index in [-0.39, 0.29) is 0 Å². The first-order valence-electron chi connectivity index (χ1n) is 7.68. The summed E-state index contributed by atoms with van der Waals surface area (Å²) in [6.45, 7) is 5.14. The molecule has 1 aromatic heterocycles. The van der Waals surface area contributed by atoms with Crippen LogP contribution in [0.15, 0.2) is 54.9 Å². The van der Waals surface area contributed by atoms with Crippen LogP contribution in [0.2, 0.25) is 0 Å². The lowest BCUT2D eigenvalue weighted by atomic mass is 9.89. The number of hydrogen-bond donors (Lipinski definition) is 1. The molecule has 0 radical (unpaired) electrons. The minimum atomic E-state index is 0.390. The van der Waals surface area contributed by atoms with Crippen LogP contribution in [0.1, 0.15) is 30.0 Å². The minimum Gasteiger partial charge on any atom is -0.330 e. The SMILES string of the molecule is CC(c1cccnc1)N1C[C@@H](CN)[C@H](c2ccccc2)C1. The molecule has 2 heterocycles. The van der Waals surface area contributed by atoms with Crippen molar-refractivity contribution in [2.75, 3.05) is 19.6 Å². The summed E-state index contributed by atoms with van der Waals surface area (Å²) in [6, 6.07) is 15.3. The number of aromatic nitrogens is 1. The molecular weight excluding hydrogens is 258 g/mol. The summed E-state index contributed by atoms with van der Waals surface area (Å²) in [6.07, 6.45) is 3.80. The van der Waals surface area contributed by atoms with Crippen molar-refractivity contribution < 1.29 is 0 Å². The molecule has 3 rings (SSSR count). The number of nitrogens with zero attached hydrogens (tertiary/aromatic N) is 2. The average Bonchev–Trinajstić information content (AvgIpc) is 3.00. The number of nitrogens with two attached hydrogens (primary N) is 1. The summed E-state index contributed by atoms with van der Waals surface area (Å²) in [5.41, 5.74) is 8.71. The predicted octanol–water partition coefficient (Wildman–Crippen LogP) is 2.82. The third-order valence-electron chi connectivity index (χ3n) is 4.71. The highest BCUT2D eigenvalue weighted by Crippen LogP contribution is 2.36. The van der Waals surface area contributed by atoms with Crippen LogP contribution in [0, 0.1) is 5.92 Å². The van der Waals surface area contributed by atoms with Gasteiger partial charge in [-0.3, -0.25) is 9.88 Å². The fourth-order valence-electron chi connectivity index (χ4n) is 3.37. The van der Waals surface area contributed by atoms with Crippen molar-refractivity contribution in [2.45, 2.75) is 18.9 Å². The van der Waals surface area contributed by atoms with E-state index >= 15 is 0 Å². The summed E-state index contributed by atoms with van der Waals surface area (Å²) >= 11 is 0. The summed E-state index contributed by atoms with van der Waals surface area (Å²) in [7, 11) is 0. The topological polar surface area (TPSA) is 42.2 Å². The summed E-state index contributed by atoms with van der Waals surface area (Å²) < 4.78 is 0. The van der Waals surface area contributed by atoms with Gasteiger partial charge < -0.3 is 5.73 Å². The molecule has 1 aromatic carbocycles. The second kappa shape index (κ2) is 6.37. The number of rotatable bonds is 4. The van der Waals surface area contributed by atoms with Crippen molar-refractivity contribution in [3.63, 3.8) is 0 Å². The standard InChI is InChI=1S/C18H23N3/c1-14(16-8-5-9-20-11-16)21-12-17(10-19)18(13-21)15-6-3-2-4-7-15/h2-9,11,14,17-18H,10,12-13,19H2,1H3/t14?,17-,18+/m1/s1. The first kappa shape index (κ1) is 14.2. The molecule has 3 atom stereocenters. The Morgan fingerprint density at radius 3 is 2.67 bits per heavy atom. The van der Waals surface area contributed by atoms with Gasteiger partial charge in [0.15, 0.2) is 0 Å². The molecule has 3 nitrogen and oxygen atoms in total. The molecule has 0 amide bonds. The molecule has 110 valence electrons. The van der Waals surface area contributed by atoms with Gasteiger partial charge in [0.25, 0.3) is 0 Å². The summed E-state index contributed by atoms with van der Waals surface area (Å²) in [5, 5.41) is 0. The molecule has 1 fully saturated rings. The second-order valence-corrected chi connectivity index (χ2v) is 5.93. The molecule has 1 aliphatic rings. The van der Waals surface area contributed by atoms with Crippen LogP contribution in [0.3, 0.4) is 0 Å². The van der Waals surface area contributed by atoms with Gasteiger partial charge in [0.05, 0.1) is 0 Å². The van der Waals surface area contributed by atoms with E-state index in [2.05, 4.69) is 53.2 Å². The molecule has 3 heteroatoms. The molecule has 2 aromatic rings. The van der Waals surface area contributed by atoms with E-state index in [1.165, 1.54) is 11.1 Å². The molecule has 2 N–H and O–H groups in total. The Morgan fingerprint density at radius 1 is 1.19 bits per heavy atom. The average molecular weight is 281 g/mol. The third kappa shape index (κ3) is 2.99. The van der Waals surface area contributed by atoms with Crippen LogP contribution in [-0.4, -0.2) is 29.5 Å². The largest absolute Gasteiger partial charge is 0.330 e. The maximum Gasteiger partial charge on any atom is 0.0335 e. The van der Waals surface area contributed by atoms with Gasteiger partial charge in [0, 0.05) is 37.4 Å². The molecule has 0 spiro atoms. The smallest absolute Gasteiger partial charge is 0.0335 e. The summed E-state index contributed by atoms with van der Waals surface area (Å²) in [5.74, 6) is 1.07. The van der Waals surface area contributed by atoms with Crippen molar-refractivity contribution in [2.24, 2.45) is 11.7 Å². The number of benzene rings is 1. The Morgan fingerprint density at radius 2 is 2.00 bits per heavy atom. The summed E-state index contributed by atoms with van der Waals surface area (Å²) in [4.78, 5) is 6.78. The van der Waals surface area contributed by atoms with Crippen LogP contribution < -0.4 is 5.73 Å². The fourth-order valence-corrected chi connectivity index (χ4v) is 3.37. The molecule has 0 aliphatic carbocycles. The van der Waals surface area contributed by atoms with Crippen LogP contribution >= 0.6 is 0 Å². The van der Waals surface area contributed by atoms with Crippen LogP contribution in [-0.2, 0) is 0 Å². The lowest BCUT2D eigenvalue weighted by Crippen LogP contribution is -2.26. The van der Waals surface area contributed by atoms with E-state index in [9.17, 15) is 0 Å². The molecule has 0 bridgehead atoms. The predicted molar refractivity (Wildman–Crippen MR) is 86.0 cm³/mol. The number of likely N-dealkylation sites (tertiary alicyclic amines) is 1. The quantitative estimate of drug-likeness (QED) is 0.937. The normalized spacial score (nSPS) is 24.1. The highest BCUT2D eigenvalue weighted by atomic mass is 15.2. The lowest BCUT2D eigenvalue weighted by molar-refractivity contribution is 0.252. The molecule has 0 saturated carbocycles. The van der Waals surface area contributed by atoms with E-state index in [4.69, 9.17) is 5.73 Å². The first-order chi connectivity index (χ1) is 10.3. The van der Waals surface area contributed by atoms with Crippen molar-refractivity contribution >= 4 is 0 Å². The van der Waals surface area contributed by atoms with E-state index in [1.807, 2.05) is 18.5 Å². The maximum absolute atomic E-state index is 6.02. The molecule has 1 saturated heterocycles. The Labute approximate surface area is 126 Å². The van der Waals surface area contributed by atoms with E-state index < -0.39 is 0 Å². The zero-order valence-electron chi connectivity index (χ0n) is 12.5. The van der Waals surface area contributed by atoms with E-state index in [1.54, 1.807) is 0 Å². The van der Waals surface area contributed by atoms with E-state index in [0.29, 0.717) is 17.9 Å². The van der Waals surface area contributed by atoms with Gasteiger partial charge >= 0.3 is 0 Å². The Bertz CT molecular complexity index is 555. The zero-order chi connectivity index (χ0) is 14.7. The Hall–Kier alpha value is -1.71. The van der Waals surface area contributed by atoms with Crippen molar-refractivity contribution in [1.29, 1.82) is 0 Å². The van der Waals surface area contributed by atoms with Crippen LogP contribution in [0.25, 0.3) is 0 Å². The Balaban J connectivity index is 1.78. The van der Waals surface area contributed by atoms with Gasteiger partial charge in [-0.05, 0) is 36.6 Å². The van der Waals surface area contributed by atoms with Crippen LogP contribution in [0.5, 0.6) is 0 Å². The highest BCUT2D eigenvalue weighted by molar-refractivity contribution is 5.23. The monoisotopic (exact) mass is 281 g/mol. The molecule has 1 unspecified atom stereocenters. The zero-order valence-corrected chi connectivity index (χ0v) is 12.5. The van der Waals surface area contributed by atoms with Gasteiger partial charge in [-0.1, -0.05) is 36.4 Å². The van der Waals surface area contributed by atoms with Gasteiger partial charge in [0.2, 0.25) is 0 Å². The maximum atomic E-state index is 6.02. The second-order valence-electron chi connectivity index (χ2n) is 5.93. The van der Waals surface area contributed by atoms with Crippen molar-refractivity contribution in [1.82, 2.24) is 9.88 Å². The lowest BCUT2D eigenvalue weighted by Gasteiger charge is -2.24. The molecular formula is C18H23N3. The fraction of sp³-hybridized carbons (Fsp3) is 0.389. The van der Waals surface area contributed by atoms with Gasteiger partial charge in [-0.25, -0.2) is 0 Å². The minimum absolute atomic E-state index is 0.390.